The first kappa shape index (κ1) is 15.2. The summed E-state index contributed by atoms with van der Waals surface area (Å²) < 4.78 is 0. The van der Waals surface area contributed by atoms with Crippen LogP contribution in [-0.4, -0.2) is 6.54 Å². The van der Waals surface area contributed by atoms with Crippen LogP contribution in [-0.2, 0) is 6.54 Å². The Hall–Kier alpha value is -0.820. The molecule has 0 bridgehead atoms. The first-order valence-corrected chi connectivity index (χ1v) is 6.57. The Morgan fingerprint density at radius 2 is 1.75 bits per heavy atom. The SMILES string of the molecule is CC.CC.Cc1ccc2c(c1)CNCC2C. The zero-order valence-electron chi connectivity index (χ0n) is 11.7. The fourth-order valence-electron chi connectivity index (χ4n) is 1.90. The highest BCUT2D eigenvalue weighted by atomic mass is 14.9. The predicted molar refractivity (Wildman–Crippen MR) is 74.0 cm³/mol. The van der Waals surface area contributed by atoms with Crippen molar-refractivity contribution in [2.45, 2.75) is 54.0 Å². The summed E-state index contributed by atoms with van der Waals surface area (Å²) in [5, 5.41) is 3.42. The highest BCUT2D eigenvalue weighted by molar-refractivity contribution is 5.35. The number of hydrogen-bond acceptors (Lipinski definition) is 1. The van der Waals surface area contributed by atoms with E-state index < -0.39 is 0 Å². The number of hydrogen-bond donors (Lipinski definition) is 1. The maximum atomic E-state index is 3.42. The number of benzene rings is 1. The summed E-state index contributed by atoms with van der Waals surface area (Å²) in [5.41, 5.74) is 4.37. The summed E-state index contributed by atoms with van der Waals surface area (Å²) in [6, 6.07) is 6.77. The van der Waals surface area contributed by atoms with E-state index in [4.69, 9.17) is 0 Å². The molecule has 1 atom stereocenters. The number of aryl methyl sites for hydroxylation is 1. The topological polar surface area (TPSA) is 12.0 Å². The predicted octanol–water partition coefficient (Wildman–Crippen LogP) is 4.25. The van der Waals surface area contributed by atoms with Gasteiger partial charge in [0.2, 0.25) is 0 Å². The molecule has 1 nitrogen and oxygen atoms in total. The Morgan fingerprint density at radius 3 is 2.38 bits per heavy atom. The zero-order valence-corrected chi connectivity index (χ0v) is 11.7. The molecular formula is C15H27N. The molecule has 1 aromatic rings. The molecule has 1 heteroatoms. The second-order valence-electron chi connectivity index (χ2n) is 3.73. The third kappa shape index (κ3) is 3.97. The molecule has 0 saturated heterocycles. The van der Waals surface area contributed by atoms with Gasteiger partial charge in [-0.2, -0.15) is 0 Å². The average Bonchev–Trinajstić information content (AvgIpc) is 2.34. The zero-order chi connectivity index (χ0) is 12.6. The van der Waals surface area contributed by atoms with E-state index >= 15 is 0 Å². The Kier molecular flexibility index (Phi) is 7.92. The molecule has 0 spiro atoms. The quantitative estimate of drug-likeness (QED) is 0.690. The number of rotatable bonds is 0. The van der Waals surface area contributed by atoms with Crippen LogP contribution in [0.25, 0.3) is 0 Å². The molecule has 1 N–H and O–H groups in total. The normalized spacial score (nSPS) is 17.2. The van der Waals surface area contributed by atoms with Crippen molar-refractivity contribution in [1.82, 2.24) is 5.32 Å². The maximum Gasteiger partial charge on any atom is 0.0208 e. The molecular weight excluding hydrogens is 194 g/mol. The summed E-state index contributed by atoms with van der Waals surface area (Å²) in [7, 11) is 0. The fraction of sp³-hybridized carbons (Fsp3) is 0.600. The highest BCUT2D eigenvalue weighted by Crippen LogP contribution is 2.23. The third-order valence-electron chi connectivity index (χ3n) is 2.60. The maximum absolute atomic E-state index is 3.42. The minimum absolute atomic E-state index is 0.675. The average molecular weight is 221 g/mol. The van der Waals surface area contributed by atoms with E-state index in [0.29, 0.717) is 5.92 Å². The smallest absolute Gasteiger partial charge is 0.0208 e. The van der Waals surface area contributed by atoms with Gasteiger partial charge < -0.3 is 5.32 Å². The van der Waals surface area contributed by atoms with Crippen molar-refractivity contribution in [1.29, 1.82) is 0 Å². The van der Waals surface area contributed by atoms with Crippen LogP contribution >= 0.6 is 0 Å². The van der Waals surface area contributed by atoms with Gasteiger partial charge in [0.15, 0.2) is 0 Å². The van der Waals surface area contributed by atoms with Crippen LogP contribution in [0.4, 0.5) is 0 Å². The second-order valence-corrected chi connectivity index (χ2v) is 3.73. The first-order chi connectivity index (χ1) is 7.77. The van der Waals surface area contributed by atoms with Crippen molar-refractivity contribution < 1.29 is 0 Å². The standard InChI is InChI=1S/C11H15N.2C2H6/c1-8-3-4-11-9(2)6-12-7-10(11)5-8;2*1-2/h3-5,9,12H,6-7H2,1-2H3;2*1-2H3. The van der Waals surface area contributed by atoms with E-state index in [2.05, 4.69) is 37.4 Å². The van der Waals surface area contributed by atoms with Crippen LogP contribution in [0.2, 0.25) is 0 Å². The Balaban J connectivity index is 0.000000509. The van der Waals surface area contributed by atoms with Gasteiger partial charge in [0.05, 0.1) is 0 Å². The van der Waals surface area contributed by atoms with Gasteiger partial charge in [-0.05, 0) is 24.0 Å². The summed E-state index contributed by atoms with van der Waals surface area (Å²) in [4.78, 5) is 0. The third-order valence-corrected chi connectivity index (χ3v) is 2.60. The van der Waals surface area contributed by atoms with Gasteiger partial charge in [0.25, 0.3) is 0 Å². The van der Waals surface area contributed by atoms with E-state index in [1.165, 1.54) is 16.7 Å². The molecule has 0 amide bonds. The van der Waals surface area contributed by atoms with Crippen molar-refractivity contribution in [3.8, 4) is 0 Å². The molecule has 1 unspecified atom stereocenters. The van der Waals surface area contributed by atoms with Gasteiger partial charge in [0, 0.05) is 13.1 Å². The monoisotopic (exact) mass is 221 g/mol. The molecule has 1 aliphatic rings. The van der Waals surface area contributed by atoms with Crippen LogP contribution in [0.3, 0.4) is 0 Å². The van der Waals surface area contributed by atoms with E-state index in [1.807, 2.05) is 27.7 Å². The lowest BCUT2D eigenvalue weighted by Crippen LogP contribution is -2.26. The minimum atomic E-state index is 0.675. The minimum Gasteiger partial charge on any atom is -0.312 e. The molecule has 1 aliphatic heterocycles. The van der Waals surface area contributed by atoms with Crippen LogP contribution < -0.4 is 5.32 Å². The van der Waals surface area contributed by atoms with E-state index in [0.717, 1.165) is 13.1 Å². The molecule has 0 saturated carbocycles. The lowest BCUT2D eigenvalue weighted by molar-refractivity contribution is 0.570. The Labute approximate surface area is 101 Å². The van der Waals surface area contributed by atoms with Crippen LogP contribution in [0, 0.1) is 6.92 Å². The summed E-state index contributed by atoms with van der Waals surface area (Å²) in [5.74, 6) is 0.675. The van der Waals surface area contributed by atoms with Crippen molar-refractivity contribution in [3.63, 3.8) is 0 Å². The molecule has 1 aromatic carbocycles. The van der Waals surface area contributed by atoms with Crippen LogP contribution in [0.1, 0.15) is 57.2 Å². The van der Waals surface area contributed by atoms with Crippen molar-refractivity contribution in [2.75, 3.05) is 6.54 Å². The molecule has 92 valence electrons. The van der Waals surface area contributed by atoms with Gasteiger partial charge >= 0.3 is 0 Å². The summed E-state index contributed by atoms with van der Waals surface area (Å²) in [6.45, 7) is 14.6. The lowest BCUT2D eigenvalue weighted by Gasteiger charge is -2.23. The van der Waals surface area contributed by atoms with E-state index in [-0.39, 0.29) is 0 Å². The fourth-order valence-corrected chi connectivity index (χ4v) is 1.90. The second kappa shape index (κ2) is 8.35. The van der Waals surface area contributed by atoms with Gasteiger partial charge in [0.1, 0.15) is 0 Å². The van der Waals surface area contributed by atoms with Gasteiger partial charge in [-0.15, -0.1) is 0 Å². The van der Waals surface area contributed by atoms with Crippen molar-refractivity contribution in [3.05, 3.63) is 34.9 Å². The molecule has 0 aromatic heterocycles. The Bertz CT molecular complexity index is 291. The number of nitrogens with one attached hydrogen (secondary N) is 1. The molecule has 16 heavy (non-hydrogen) atoms. The van der Waals surface area contributed by atoms with Crippen molar-refractivity contribution >= 4 is 0 Å². The highest BCUT2D eigenvalue weighted by Gasteiger charge is 2.14. The first-order valence-electron chi connectivity index (χ1n) is 6.57. The Morgan fingerprint density at radius 1 is 1.12 bits per heavy atom. The molecule has 0 radical (unpaired) electrons. The number of fused-ring (bicyclic) bond motifs is 1. The van der Waals surface area contributed by atoms with Gasteiger partial charge in [-0.25, -0.2) is 0 Å². The van der Waals surface area contributed by atoms with Crippen molar-refractivity contribution in [2.24, 2.45) is 0 Å². The van der Waals surface area contributed by atoms with Gasteiger partial charge in [-0.1, -0.05) is 58.4 Å². The largest absolute Gasteiger partial charge is 0.312 e. The van der Waals surface area contributed by atoms with E-state index in [9.17, 15) is 0 Å². The molecule has 2 rings (SSSR count). The van der Waals surface area contributed by atoms with Crippen LogP contribution in [0.15, 0.2) is 18.2 Å². The lowest BCUT2D eigenvalue weighted by atomic mass is 9.91. The van der Waals surface area contributed by atoms with Gasteiger partial charge in [-0.3, -0.25) is 0 Å². The summed E-state index contributed by atoms with van der Waals surface area (Å²) in [6.07, 6.45) is 0. The molecule has 1 heterocycles. The molecule has 0 aliphatic carbocycles. The summed E-state index contributed by atoms with van der Waals surface area (Å²) >= 11 is 0. The van der Waals surface area contributed by atoms with E-state index in [1.54, 1.807) is 0 Å². The van der Waals surface area contributed by atoms with Crippen LogP contribution in [0.5, 0.6) is 0 Å². The molecule has 0 fully saturated rings.